The van der Waals surface area contributed by atoms with Crippen molar-refractivity contribution >= 4 is 0 Å². The van der Waals surface area contributed by atoms with E-state index >= 15 is 0 Å². The van der Waals surface area contributed by atoms with Crippen molar-refractivity contribution < 1.29 is 5.11 Å². The van der Waals surface area contributed by atoms with Gasteiger partial charge in [-0.25, -0.2) is 0 Å². The predicted molar refractivity (Wildman–Crippen MR) is 71.2 cm³/mol. The molecule has 1 aromatic heterocycles. The largest absolute Gasteiger partial charge is 0.508 e. The van der Waals surface area contributed by atoms with Crippen molar-refractivity contribution in [1.29, 1.82) is 0 Å². The van der Waals surface area contributed by atoms with E-state index in [1.54, 1.807) is 12.1 Å². The molecule has 96 valence electrons. The van der Waals surface area contributed by atoms with E-state index in [0.717, 1.165) is 30.8 Å². The number of phenols is 1. The Balaban J connectivity index is 1.90. The molecule has 1 aromatic carbocycles. The van der Waals surface area contributed by atoms with E-state index in [2.05, 4.69) is 23.5 Å². The second-order valence-corrected chi connectivity index (χ2v) is 4.40. The van der Waals surface area contributed by atoms with Crippen LogP contribution in [-0.4, -0.2) is 14.9 Å². The summed E-state index contributed by atoms with van der Waals surface area (Å²) in [5, 5.41) is 17.0. The Morgan fingerprint density at radius 2 is 1.94 bits per heavy atom. The van der Waals surface area contributed by atoms with E-state index in [0.29, 0.717) is 5.75 Å². The summed E-state index contributed by atoms with van der Waals surface area (Å²) in [6, 6.07) is 7.26. The molecule has 0 saturated carbocycles. The zero-order chi connectivity index (χ0) is 13.0. The molecule has 1 heterocycles. The lowest BCUT2D eigenvalue weighted by Gasteiger charge is -2.04. The van der Waals surface area contributed by atoms with Crippen molar-refractivity contribution in [2.24, 2.45) is 7.05 Å². The summed E-state index contributed by atoms with van der Waals surface area (Å²) in [6.07, 6.45) is 3.01. The van der Waals surface area contributed by atoms with E-state index in [4.69, 9.17) is 0 Å². The first-order chi connectivity index (χ1) is 8.69. The van der Waals surface area contributed by atoms with Crippen LogP contribution in [0, 0.1) is 0 Å². The number of hydrogen-bond acceptors (Lipinski definition) is 3. The van der Waals surface area contributed by atoms with Gasteiger partial charge in [-0.05, 0) is 24.1 Å². The van der Waals surface area contributed by atoms with Crippen LogP contribution in [0.25, 0.3) is 0 Å². The molecule has 0 fully saturated rings. The summed E-state index contributed by atoms with van der Waals surface area (Å²) in [7, 11) is 1.95. The molecule has 0 aliphatic carbocycles. The average molecular weight is 245 g/mol. The van der Waals surface area contributed by atoms with E-state index in [-0.39, 0.29) is 0 Å². The molecule has 2 rings (SSSR count). The van der Waals surface area contributed by atoms with Crippen LogP contribution in [0.2, 0.25) is 0 Å². The molecule has 0 amide bonds. The van der Waals surface area contributed by atoms with Gasteiger partial charge >= 0.3 is 0 Å². The van der Waals surface area contributed by atoms with Gasteiger partial charge in [0.15, 0.2) is 0 Å². The molecule has 2 N–H and O–H groups in total. The number of aryl methyl sites for hydroxylation is 2. The number of benzene rings is 1. The van der Waals surface area contributed by atoms with Gasteiger partial charge in [0.25, 0.3) is 0 Å². The first-order valence-electron chi connectivity index (χ1n) is 6.19. The van der Waals surface area contributed by atoms with E-state index in [1.807, 2.05) is 23.9 Å². The fourth-order valence-electron chi connectivity index (χ4n) is 1.98. The first-order valence-corrected chi connectivity index (χ1v) is 6.19. The van der Waals surface area contributed by atoms with Crippen molar-refractivity contribution in [3.05, 3.63) is 47.3 Å². The van der Waals surface area contributed by atoms with Crippen LogP contribution in [0.15, 0.2) is 30.5 Å². The molecule has 2 aromatic rings. The van der Waals surface area contributed by atoms with Gasteiger partial charge in [-0.3, -0.25) is 4.68 Å². The Labute approximate surface area is 107 Å². The Bertz CT molecular complexity index is 502. The second kappa shape index (κ2) is 5.69. The molecule has 0 aliphatic heterocycles. The minimum Gasteiger partial charge on any atom is -0.508 e. The van der Waals surface area contributed by atoms with Crippen LogP contribution < -0.4 is 5.32 Å². The molecular weight excluding hydrogens is 226 g/mol. The van der Waals surface area contributed by atoms with Crippen molar-refractivity contribution in [3.8, 4) is 5.75 Å². The Hall–Kier alpha value is -1.81. The van der Waals surface area contributed by atoms with Gasteiger partial charge in [0.1, 0.15) is 5.75 Å². The highest BCUT2D eigenvalue weighted by molar-refractivity contribution is 5.26. The van der Waals surface area contributed by atoms with Crippen LogP contribution in [-0.2, 0) is 26.6 Å². The number of rotatable bonds is 5. The highest BCUT2D eigenvalue weighted by atomic mass is 16.3. The zero-order valence-corrected chi connectivity index (χ0v) is 10.8. The lowest BCUT2D eigenvalue weighted by Crippen LogP contribution is -2.13. The molecule has 4 nitrogen and oxygen atoms in total. The van der Waals surface area contributed by atoms with Crippen molar-refractivity contribution in [3.63, 3.8) is 0 Å². The van der Waals surface area contributed by atoms with Crippen LogP contribution in [0.3, 0.4) is 0 Å². The number of nitrogens with zero attached hydrogens (tertiary/aromatic N) is 2. The summed E-state index contributed by atoms with van der Waals surface area (Å²) in [4.78, 5) is 0. The third kappa shape index (κ3) is 3.11. The molecule has 0 spiro atoms. The quantitative estimate of drug-likeness (QED) is 0.847. The second-order valence-electron chi connectivity index (χ2n) is 4.40. The monoisotopic (exact) mass is 245 g/mol. The number of hydrogen-bond donors (Lipinski definition) is 2. The highest BCUT2D eigenvalue weighted by Crippen LogP contribution is 2.10. The Morgan fingerprint density at radius 1 is 1.22 bits per heavy atom. The number of nitrogens with one attached hydrogen (secondary N) is 1. The molecule has 0 atom stereocenters. The molecule has 0 radical (unpaired) electrons. The minimum atomic E-state index is 0.305. The molecule has 0 bridgehead atoms. The third-order valence-electron chi connectivity index (χ3n) is 2.91. The van der Waals surface area contributed by atoms with Gasteiger partial charge in [-0.2, -0.15) is 5.10 Å². The first kappa shape index (κ1) is 12.6. The van der Waals surface area contributed by atoms with Gasteiger partial charge in [-0.1, -0.05) is 19.1 Å². The lowest BCUT2D eigenvalue weighted by atomic mass is 10.2. The van der Waals surface area contributed by atoms with Gasteiger partial charge in [0.05, 0.1) is 5.69 Å². The van der Waals surface area contributed by atoms with E-state index in [9.17, 15) is 5.11 Å². The predicted octanol–water partition coefficient (Wildman–Crippen LogP) is 1.98. The normalized spacial score (nSPS) is 10.8. The maximum absolute atomic E-state index is 9.20. The van der Waals surface area contributed by atoms with Crippen LogP contribution in [0.5, 0.6) is 5.75 Å². The average Bonchev–Trinajstić information content (AvgIpc) is 2.72. The van der Waals surface area contributed by atoms with Gasteiger partial charge in [0.2, 0.25) is 0 Å². The van der Waals surface area contributed by atoms with E-state index in [1.165, 1.54) is 5.56 Å². The minimum absolute atomic E-state index is 0.305. The summed E-state index contributed by atoms with van der Waals surface area (Å²) in [5.41, 5.74) is 3.56. The maximum atomic E-state index is 9.20. The van der Waals surface area contributed by atoms with Crippen molar-refractivity contribution in [2.45, 2.75) is 26.4 Å². The van der Waals surface area contributed by atoms with Gasteiger partial charge in [0, 0.05) is 31.9 Å². The summed E-state index contributed by atoms with van der Waals surface area (Å²) >= 11 is 0. The van der Waals surface area contributed by atoms with Crippen molar-refractivity contribution in [1.82, 2.24) is 15.1 Å². The summed E-state index contributed by atoms with van der Waals surface area (Å²) in [5.74, 6) is 0.305. The molecule has 0 saturated heterocycles. The smallest absolute Gasteiger partial charge is 0.115 e. The van der Waals surface area contributed by atoms with Crippen LogP contribution >= 0.6 is 0 Å². The summed E-state index contributed by atoms with van der Waals surface area (Å²) < 4.78 is 1.86. The fraction of sp³-hybridized carbons (Fsp3) is 0.357. The number of aromatic hydroxyl groups is 1. The van der Waals surface area contributed by atoms with Crippen LogP contribution in [0.4, 0.5) is 0 Å². The van der Waals surface area contributed by atoms with Crippen LogP contribution in [0.1, 0.15) is 23.7 Å². The number of phenolic OH excluding ortho intramolecular Hbond substituents is 1. The SMILES string of the molecule is CCc1nn(C)cc1CNCc1ccc(O)cc1. The van der Waals surface area contributed by atoms with Gasteiger partial charge in [-0.15, -0.1) is 0 Å². The maximum Gasteiger partial charge on any atom is 0.115 e. The fourth-order valence-corrected chi connectivity index (χ4v) is 1.98. The van der Waals surface area contributed by atoms with E-state index < -0.39 is 0 Å². The Kier molecular flexibility index (Phi) is 3.99. The van der Waals surface area contributed by atoms with Gasteiger partial charge < -0.3 is 10.4 Å². The third-order valence-corrected chi connectivity index (χ3v) is 2.91. The Morgan fingerprint density at radius 3 is 2.61 bits per heavy atom. The summed E-state index contributed by atoms with van der Waals surface area (Å²) in [6.45, 7) is 3.72. The molecule has 0 unspecified atom stereocenters. The molecule has 0 aliphatic rings. The molecular formula is C14H19N3O. The lowest BCUT2D eigenvalue weighted by molar-refractivity contribution is 0.475. The zero-order valence-electron chi connectivity index (χ0n) is 10.8. The highest BCUT2D eigenvalue weighted by Gasteiger charge is 2.04. The standard InChI is InChI=1S/C14H19N3O/c1-3-14-12(10-17(2)16-14)9-15-8-11-4-6-13(18)7-5-11/h4-7,10,15,18H,3,8-9H2,1-2H3. The number of aromatic nitrogens is 2. The van der Waals surface area contributed by atoms with Crippen molar-refractivity contribution in [2.75, 3.05) is 0 Å². The molecule has 18 heavy (non-hydrogen) atoms. The molecule has 4 heteroatoms. The topological polar surface area (TPSA) is 50.1 Å².